The van der Waals surface area contributed by atoms with E-state index in [1.807, 2.05) is 6.07 Å². The van der Waals surface area contributed by atoms with E-state index in [1.54, 1.807) is 11.8 Å². The van der Waals surface area contributed by atoms with Crippen molar-refractivity contribution in [2.75, 3.05) is 6.54 Å². The Morgan fingerprint density at radius 2 is 2.44 bits per heavy atom. The minimum Gasteiger partial charge on any atom is -0.311 e. The second-order valence-corrected chi connectivity index (χ2v) is 4.82. The summed E-state index contributed by atoms with van der Waals surface area (Å²) in [6.45, 7) is 6.58. The van der Waals surface area contributed by atoms with Gasteiger partial charge in [-0.2, -0.15) is 5.10 Å². The van der Waals surface area contributed by atoms with E-state index in [1.165, 1.54) is 12.8 Å². The second kappa shape index (κ2) is 5.30. The summed E-state index contributed by atoms with van der Waals surface area (Å²) < 4.78 is 0. The zero-order valence-electron chi connectivity index (χ0n) is 10.2. The summed E-state index contributed by atoms with van der Waals surface area (Å²) in [5, 5.41) is 10.4. The van der Waals surface area contributed by atoms with Gasteiger partial charge in [-0.25, -0.2) is 0 Å². The molecule has 0 unspecified atom stereocenters. The first-order valence-corrected chi connectivity index (χ1v) is 6.13. The van der Waals surface area contributed by atoms with Crippen molar-refractivity contribution in [3.05, 3.63) is 29.6 Å². The fraction of sp³-hybridized carbons (Fsp3) is 0.615. The Balaban J connectivity index is 1.80. The highest BCUT2D eigenvalue weighted by Crippen LogP contribution is 2.29. The van der Waals surface area contributed by atoms with Crippen molar-refractivity contribution in [2.24, 2.45) is 11.8 Å². The quantitative estimate of drug-likeness (QED) is 0.764. The van der Waals surface area contributed by atoms with Crippen molar-refractivity contribution in [2.45, 2.75) is 33.2 Å². The van der Waals surface area contributed by atoms with Gasteiger partial charge in [-0.05, 0) is 37.7 Å². The van der Waals surface area contributed by atoms with Crippen molar-refractivity contribution >= 4 is 0 Å². The lowest BCUT2D eigenvalue weighted by Gasteiger charge is -2.28. The smallest absolute Gasteiger partial charge is 0.0490 e. The molecule has 1 aliphatic rings. The van der Waals surface area contributed by atoms with E-state index in [0.717, 1.165) is 24.7 Å². The van der Waals surface area contributed by atoms with Crippen molar-refractivity contribution in [1.82, 2.24) is 15.5 Å². The average molecular weight is 219 g/mol. The summed E-state index contributed by atoms with van der Waals surface area (Å²) in [6, 6.07) is 2.01. The Morgan fingerprint density at radius 1 is 1.56 bits per heavy atom. The molecule has 1 aromatic rings. The Hall–Kier alpha value is -1.09. The van der Waals surface area contributed by atoms with Gasteiger partial charge < -0.3 is 5.32 Å². The van der Waals surface area contributed by atoms with Crippen LogP contribution in [0.15, 0.2) is 23.9 Å². The largest absolute Gasteiger partial charge is 0.311 e. The Morgan fingerprint density at radius 3 is 3.12 bits per heavy atom. The third kappa shape index (κ3) is 2.73. The van der Waals surface area contributed by atoms with Gasteiger partial charge in [-0.1, -0.05) is 18.6 Å². The number of hydrogen-bond donors (Lipinski definition) is 2. The molecule has 1 heterocycles. The number of rotatable bonds is 4. The number of H-pyrrole nitrogens is 1. The van der Waals surface area contributed by atoms with Crippen LogP contribution in [0.4, 0.5) is 0 Å². The van der Waals surface area contributed by atoms with E-state index in [-0.39, 0.29) is 0 Å². The summed E-state index contributed by atoms with van der Waals surface area (Å²) in [6.07, 6.45) is 6.77. The third-order valence-electron chi connectivity index (χ3n) is 3.60. The lowest BCUT2D eigenvalue weighted by molar-refractivity contribution is 0.349. The maximum atomic E-state index is 3.94. The molecule has 0 amide bonds. The molecule has 0 saturated carbocycles. The van der Waals surface area contributed by atoms with E-state index in [4.69, 9.17) is 0 Å². The highest BCUT2D eigenvalue weighted by molar-refractivity contribution is 5.09. The highest BCUT2D eigenvalue weighted by Gasteiger charge is 2.21. The first-order valence-electron chi connectivity index (χ1n) is 6.13. The van der Waals surface area contributed by atoms with E-state index in [2.05, 4.69) is 35.4 Å². The minimum absolute atomic E-state index is 0.705. The predicted octanol–water partition coefficient (Wildman–Crippen LogP) is 2.49. The lowest BCUT2D eigenvalue weighted by atomic mass is 9.80. The normalized spacial score (nSPS) is 25.5. The molecule has 0 spiro atoms. The van der Waals surface area contributed by atoms with Gasteiger partial charge in [-0.3, -0.25) is 5.10 Å². The molecule has 0 aliphatic heterocycles. The van der Waals surface area contributed by atoms with Gasteiger partial charge in [0.25, 0.3) is 0 Å². The molecule has 0 aromatic carbocycles. The number of allylic oxidation sites excluding steroid dienone is 1. The third-order valence-corrected chi connectivity index (χ3v) is 3.60. The molecule has 0 radical (unpaired) electrons. The van der Waals surface area contributed by atoms with Crippen molar-refractivity contribution < 1.29 is 0 Å². The molecule has 1 aromatic heterocycles. The van der Waals surface area contributed by atoms with Crippen LogP contribution in [-0.2, 0) is 6.54 Å². The highest BCUT2D eigenvalue weighted by atomic mass is 15.1. The molecule has 3 heteroatoms. The number of aromatic amines is 1. The molecule has 0 bridgehead atoms. The van der Waals surface area contributed by atoms with Gasteiger partial charge in [0.1, 0.15) is 0 Å². The summed E-state index contributed by atoms with van der Waals surface area (Å²) in [7, 11) is 0. The van der Waals surface area contributed by atoms with E-state index >= 15 is 0 Å². The van der Waals surface area contributed by atoms with Crippen LogP contribution in [0.1, 0.15) is 32.4 Å². The van der Waals surface area contributed by atoms with Crippen LogP contribution < -0.4 is 5.32 Å². The fourth-order valence-electron chi connectivity index (χ4n) is 2.48. The summed E-state index contributed by atoms with van der Waals surface area (Å²) in [5.74, 6) is 1.51. The van der Waals surface area contributed by atoms with Gasteiger partial charge in [0.2, 0.25) is 0 Å². The Kier molecular flexibility index (Phi) is 3.78. The van der Waals surface area contributed by atoms with E-state index < -0.39 is 0 Å². The van der Waals surface area contributed by atoms with Crippen molar-refractivity contribution in [3.63, 3.8) is 0 Å². The summed E-state index contributed by atoms with van der Waals surface area (Å²) >= 11 is 0. The van der Waals surface area contributed by atoms with E-state index in [0.29, 0.717) is 5.92 Å². The molecule has 0 saturated heterocycles. The molecule has 3 nitrogen and oxygen atoms in total. The van der Waals surface area contributed by atoms with Crippen LogP contribution in [0.5, 0.6) is 0 Å². The molecule has 2 rings (SSSR count). The van der Waals surface area contributed by atoms with Gasteiger partial charge >= 0.3 is 0 Å². The van der Waals surface area contributed by atoms with Crippen LogP contribution in [0.25, 0.3) is 0 Å². The lowest BCUT2D eigenvalue weighted by Crippen LogP contribution is -2.29. The van der Waals surface area contributed by atoms with Crippen LogP contribution in [-0.4, -0.2) is 16.7 Å². The summed E-state index contributed by atoms with van der Waals surface area (Å²) in [5.41, 5.74) is 2.71. The van der Waals surface area contributed by atoms with Crippen LogP contribution in [0, 0.1) is 11.8 Å². The summed E-state index contributed by atoms with van der Waals surface area (Å²) in [4.78, 5) is 0. The van der Waals surface area contributed by atoms with Gasteiger partial charge in [0.15, 0.2) is 0 Å². The molecular formula is C13H21N3. The van der Waals surface area contributed by atoms with E-state index in [9.17, 15) is 0 Å². The molecule has 0 fully saturated rings. The van der Waals surface area contributed by atoms with Crippen LogP contribution in [0.3, 0.4) is 0 Å². The van der Waals surface area contributed by atoms with Crippen LogP contribution in [0.2, 0.25) is 0 Å². The number of hydrogen-bond acceptors (Lipinski definition) is 2. The van der Waals surface area contributed by atoms with Crippen molar-refractivity contribution in [3.8, 4) is 0 Å². The van der Waals surface area contributed by atoms with Gasteiger partial charge in [0.05, 0.1) is 0 Å². The Labute approximate surface area is 97.3 Å². The topological polar surface area (TPSA) is 40.7 Å². The fourth-order valence-corrected chi connectivity index (χ4v) is 2.48. The Bertz CT molecular complexity index is 340. The molecule has 2 N–H and O–H groups in total. The average Bonchev–Trinajstić information content (AvgIpc) is 2.75. The second-order valence-electron chi connectivity index (χ2n) is 4.82. The molecule has 2 atom stereocenters. The van der Waals surface area contributed by atoms with Crippen LogP contribution >= 0.6 is 0 Å². The number of nitrogens with zero attached hydrogens (tertiary/aromatic N) is 1. The minimum atomic E-state index is 0.705. The monoisotopic (exact) mass is 219 g/mol. The first-order chi connectivity index (χ1) is 7.77. The molecule has 16 heavy (non-hydrogen) atoms. The molecule has 1 aliphatic carbocycles. The SMILES string of the molecule is CC1=CCC[C@@H](C)[C@@H]1CNCc1ccn[nH]1. The predicted molar refractivity (Wildman–Crippen MR) is 65.9 cm³/mol. The van der Waals surface area contributed by atoms with Crippen molar-refractivity contribution in [1.29, 1.82) is 0 Å². The standard InChI is InChI=1S/C13H21N3/c1-10-4-3-5-11(2)13(10)9-14-8-12-6-7-15-16-12/h4,6-7,11,13-14H,3,5,8-9H2,1-2H3,(H,15,16)/t11-,13-/m1/s1. The maximum Gasteiger partial charge on any atom is 0.0490 e. The first kappa shape index (κ1) is 11.4. The van der Waals surface area contributed by atoms with Gasteiger partial charge in [0, 0.05) is 25.0 Å². The maximum absolute atomic E-state index is 3.94. The molecule has 88 valence electrons. The van der Waals surface area contributed by atoms with Gasteiger partial charge in [-0.15, -0.1) is 0 Å². The number of nitrogens with one attached hydrogen (secondary N) is 2. The number of aromatic nitrogens is 2. The zero-order valence-corrected chi connectivity index (χ0v) is 10.2. The molecular weight excluding hydrogens is 198 g/mol. The zero-order chi connectivity index (χ0) is 11.4.